The van der Waals surface area contributed by atoms with Crippen LogP contribution in [0.25, 0.3) is 10.8 Å². The van der Waals surface area contributed by atoms with Gasteiger partial charge in [-0.25, -0.2) is 4.68 Å². The number of fused-ring (bicyclic) bond motifs is 1. The lowest BCUT2D eigenvalue weighted by Gasteiger charge is -2.22. The molecule has 0 radical (unpaired) electrons. The van der Waals surface area contributed by atoms with Crippen LogP contribution in [0.1, 0.15) is 44.2 Å². The smallest absolute Gasteiger partial charge is 0.274 e. The van der Waals surface area contributed by atoms with E-state index in [-0.39, 0.29) is 23.6 Å². The summed E-state index contributed by atoms with van der Waals surface area (Å²) < 4.78 is 1.38. The van der Waals surface area contributed by atoms with E-state index in [2.05, 4.69) is 5.10 Å². The normalized spacial score (nSPS) is 11.4. The fourth-order valence-corrected chi connectivity index (χ4v) is 2.12. The first kappa shape index (κ1) is 15.2. The highest BCUT2D eigenvalue weighted by atomic mass is 16.2. The van der Waals surface area contributed by atoms with Crippen molar-refractivity contribution in [3.8, 4) is 0 Å². The predicted molar refractivity (Wildman–Crippen MR) is 83.6 cm³/mol. The van der Waals surface area contributed by atoms with Gasteiger partial charge in [-0.2, -0.15) is 5.10 Å². The van der Waals surface area contributed by atoms with Crippen molar-refractivity contribution in [2.45, 2.75) is 39.8 Å². The van der Waals surface area contributed by atoms with Crippen molar-refractivity contribution in [2.75, 3.05) is 7.05 Å². The fourth-order valence-electron chi connectivity index (χ4n) is 2.12. The Hall–Kier alpha value is -2.17. The molecule has 21 heavy (non-hydrogen) atoms. The van der Waals surface area contributed by atoms with Crippen LogP contribution in [-0.4, -0.2) is 33.7 Å². The van der Waals surface area contributed by atoms with E-state index in [0.717, 1.165) is 0 Å². The van der Waals surface area contributed by atoms with Crippen molar-refractivity contribution in [2.24, 2.45) is 0 Å². The number of hydrogen-bond donors (Lipinski definition) is 0. The molecule has 2 rings (SSSR count). The zero-order valence-corrected chi connectivity index (χ0v) is 13.1. The van der Waals surface area contributed by atoms with Crippen LogP contribution < -0.4 is 5.56 Å². The van der Waals surface area contributed by atoms with Crippen LogP contribution in [0.4, 0.5) is 0 Å². The molecule has 0 aliphatic carbocycles. The summed E-state index contributed by atoms with van der Waals surface area (Å²) in [6.45, 7) is 7.64. The highest BCUT2D eigenvalue weighted by Gasteiger charge is 2.21. The average Bonchev–Trinajstić information content (AvgIpc) is 2.46. The van der Waals surface area contributed by atoms with Gasteiger partial charge in [-0.05, 0) is 33.8 Å². The molecule has 1 aromatic carbocycles. The van der Waals surface area contributed by atoms with Gasteiger partial charge in [0.15, 0.2) is 5.69 Å². The van der Waals surface area contributed by atoms with E-state index in [1.165, 1.54) is 4.68 Å². The number of hydrogen-bond acceptors (Lipinski definition) is 3. The molecule has 2 aromatic rings. The topological polar surface area (TPSA) is 55.2 Å². The third-order valence-electron chi connectivity index (χ3n) is 3.62. The molecule has 0 fully saturated rings. The highest BCUT2D eigenvalue weighted by Crippen LogP contribution is 2.16. The van der Waals surface area contributed by atoms with E-state index in [1.54, 1.807) is 30.1 Å². The molecule has 0 unspecified atom stereocenters. The summed E-state index contributed by atoms with van der Waals surface area (Å²) in [6, 6.07) is 7.10. The van der Waals surface area contributed by atoms with E-state index in [9.17, 15) is 9.59 Å². The molecule has 0 saturated carbocycles. The molecule has 1 amide bonds. The number of nitrogens with zero attached hydrogens (tertiary/aromatic N) is 3. The molecular formula is C16H21N3O2. The van der Waals surface area contributed by atoms with Gasteiger partial charge in [-0.1, -0.05) is 18.2 Å². The monoisotopic (exact) mass is 287 g/mol. The van der Waals surface area contributed by atoms with E-state index in [0.29, 0.717) is 16.5 Å². The molecule has 112 valence electrons. The van der Waals surface area contributed by atoms with Crippen LogP contribution >= 0.6 is 0 Å². The first-order valence-corrected chi connectivity index (χ1v) is 7.13. The molecule has 0 spiro atoms. The molecule has 0 bridgehead atoms. The number of rotatable bonds is 3. The van der Waals surface area contributed by atoms with Gasteiger partial charge in [-0.15, -0.1) is 0 Å². The lowest BCUT2D eigenvalue weighted by molar-refractivity contribution is 0.0748. The van der Waals surface area contributed by atoms with Gasteiger partial charge < -0.3 is 4.90 Å². The minimum atomic E-state index is -0.171. The van der Waals surface area contributed by atoms with Crippen molar-refractivity contribution in [1.29, 1.82) is 0 Å². The second-order valence-electron chi connectivity index (χ2n) is 5.75. The Bertz CT molecular complexity index is 732. The lowest BCUT2D eigenvalue weighted by atomic mass is 10.1. The summed E-state index contributed by atoms with van der Waals surface area (Å²) in [6.07, 6.45) is 0. The van der Waals surface area contributed by atoms with E-state index >= 15 is 0 Å². The maximum Gasteiger partial charge on any atom is 0.274 e. The number of carbonyl (C=O) groups is 1. The fraction of sp³-hybridized carbons (Fsp3) is 0.438. The van der Waals surface area contributed by atoms with Gasteiger partial charge in [0.1, 0.15) is 0 Å². The Kier molecular flexibility index (Phi) is 4.11. The third kappa shape index (κ3) is 2.68. The zero-order chi connectivity index (χ0) is 15.7. The molecule has 0 N–H and O–H groups in total. The van der Waals surface area contributed by atoms with E-state index in [1.807, 2.05) is 33.8 Å². The summed E-state index contributed by atoms with van der Waals surface area (Å²) >= 11 is 0. The SMILES string of the molecule is CC(C)N(C)C(=O)c1nn(C(C)C)c(=O)c2ccccc12. The quantitative estimate of drug-likeness (QED) is 0.871. The van der Waals surface area contributed by atoms with Crippen LogP contribution in [0, 0.1) is 0 Å². The first-order valence-electron chi connectivity index (χ1n) is 7.13. The maximum absolute atomic E-state index is 12.6. The zero-order valence-electron chi connectivity index (χ0n) is 13.1. The van der Waals surface area contributed by atoms with Gasteiger partial charge in [0.05, 0.1) is 11.4 Å². The second-order valence-corrected chi connectivity index (χ2v) is 5.75. The molecular weight excluding hydrogens is 266 g/mol. The van der Waals surface area contributed by atoms with E-state index in [4.69, 9.17) is 0 Å². The molecule has 5 heteroatoms. The van der Waals surface area contributed by atoms with Crippen LogP contribution in [0.15, 0.2) is 29.1 Å². The van der Waals surface area contributed by atoms with Crippen LogP contribution in [-0.2, 0) is 0 Å². The Morgan fingerprint density at radius 1 is 1.14 bits per heavy atom. The average molecular weight is 287 g/mol. The standard InChI is InChI=1S/C16H21N3O2/c1-10(2)18(5)16(21)14-12-8-6-7-9-13(12)15(20)19(17-14)11(3)4/h6-11H,1-5H3. The molecule has 0 atom stereocenters. The minimum absolute atomic E-state index is 0.0671. The number of carbonyl (C=O) groups excluding carboxylic acids is 1. The molecule has 0 saturated heterocycles. The molecule has 1 aromatic heterocycles. The Labute approximate surface area is 124 Å². The minimum Gasteiger partial charge on any atom is -0.338 e. The number of aromatic nitrogens is 2. The van der Waals surface area contributed by atoms with Gasteiger partial charge in [0.25, 0.3) is 11.5 Å². The Morgan fingerprint density at radius 3 is 2.24 bits per heavy atom. The summed E-state index contributed by atoms with van der Waals surface area (Å²) in [5.74, 6) is -0.171. The van der Waals surface area contributed by atoms with Crippen molar-refractivity contribution < 1.29 is 4.79 Å². The van der Waals surface area contributed by atoms with Crippen LogP contribution in [0.3, 0.4) is 0 Å². The third-order valence-corrected chi connectivity index (χ3v) is 3.62. The lowest BCUT2D eigenvalue weighted by Crippen LogP contribution is -2.36. The summed E-state index contributed by atoms with van der Waals surface area (Å²) in [7, 11) is 1.74. The van der Waals surface area contributed by atoms with Gasteiger partial charge in [0, 0.05) is 18.5 Å². The van der Waals surface area contributed by atoms with Gasteiger partial charge in [0.2, 0.25) is 0 Å². The Balaban J connectivity index is 2.76. The highest BCUT2D eigenvalue weighted by molar-refractivity contribution is 6.04. The second kappa shape index (κ2) is 5.68. The molecule has 0 aliphatic heterocycles. The van der Waals surface area contributed by atoms with Gasteiger partial charge in [-0.3, -0.25) is 9.59 Å². The molecule has 1 heterocycles. The van der Waals surface area contributed by atoms with Crippen molar-refractivity contribution in [3.05, 3.63) is 40.3 Å². The van der Waals surface area contributed by atoms with Crippen molar-refractivity contribution >= 4 is 16.7 Å². The van der Waals surface area contributed by atoms with Crippen molar-refractivity contribution in [1.82, 2.24) is 14.7 Å². The van der Waals surface area contributed by atoms with E-state index < -0.39 is 0 Å². The van der Waals surface area contributed by atoms with Crippen LogP contribution in [0.5, 0.6) is 0 Å². The molecule has 5 nitrogen and oxygen atoms in total. The predicted octanol–water partition coefficient (Wildman–Crippen LogP) is 2.46. The first-order chi connectivity index (χ1) is 9.84. The number of amides is 1. The maximum atomic E-state index is 12.6. The molecule has 0 aliphatic rings. The van der Waals surface area contributed by atoms with Gasteiger partial charge >= 0.3 is 0 Å². The summed E-state index contributed by atoms with van der Waals surface area (Å²) in [5, 5.41) is 5.45. The van der Waals surface area contributed by atoms with Crippen molar-refractivity contribution in [3.63, 3.8) is 0 Å². The Morgan fingerprint density at radius 2 is 1.71 bits per heavy atom. The summed E-state index contributed by atoms with van der Waals surface area (Å²) in [4.78, 5) is 26.7. The largest absolute Gasteiger partial charge is 0.338 e. The number of benzene rings is 1. The van der Waals surface area contributed by atoms with Crippen LogP contribution in [0.2, 0.25) is 0 Å². The summed E-state index contributed by atoms with van der Waals surface area (Å²) in [5.41, 5.74) is 0.166.